The van der Waals surface area contributed by atoms with E-state index in [2.05, 4.69) is 5.32 Å². The molecule has 3 unspecified atom stereocenters. The van der Waals surface area contributed by atoms with E-state index in [-0.39, 0.29) is 18.1 Å². The number of benzene rings is 1. The summed E-state index contributed by atoms with van der Waals surface area (Å²) in [6, 6.07) is 7.21. The standard InChI is InChI=1S/C13H17ClN2O2S/c1-9-13(17)16(7-8-19(2)18)12(15-9)10-3-5-11(14)6-4-10/h3-6,9,12,15H,7-8H2,1-2H3. The molecule has 1 aliphatic heterocycles. The average molecular weight is 301 g/mol. The number of rotatable bonds is 4. The van der Waals surface area contributed by atoms with Gasteiger partial charge in [0.2, 0.25) is 5.91 Å². The van der Waals surface area contributed by atoms with Crippen LogP contribution >= 0.6 is 11.6 Å². The van der Waals surface area contributed by atoms with Gasteiger partial charge in [-0.05, 0) is 24.6 Å². The first-order valence-electron chi connectivity index (χ1n) is 6.11. The van der Waals surface area contributed by atoms with Crippen molar-refractivity contribution in [2.75, 3.05) is 18.6 Å². The van der Waals surface area contributed by atoms with Crippen LogP contribution in [0.25, 0.3) is 0 Å². The highest BCUT2D eigenvalue weighted by molar-refractivity contribution is 7.84. The smallest absolute Gasteiger partial charge is 0.241 e. The van der Waals surface area contributed by atoms with Gasteiger partial charge in [-0.25, -0.2) is 0 Å². The lowest BCUT2D eigenvalue weighted by atomic mass is 10.1. The highest BCUT2D eigenvalue weighted by Gasteiger charge is 2.36. The topological polar surface area (TPSA) is 49.4 Å². The van der Waals surface area contributed by atoms with Crippen molar-refractivity contribution in [3.8, 4) is 0 Å². The maximum absolute atomic E-state index is 12.1. The van der Waals surface area contributed by atoms with Crippen LogP contribution in [0.1, 0.15) is 18.7 Å². The molecule has 2 rings (SSSR count). The van der Waals surface area contributed by atoms with Crippen molar-refractivity contribution >= 4 is 28.3 Å². The number of halogens is 1. The monoisotopic (exact) mass is 300 g/mol. The molecule has 0 bridgehead atoms. The van der Waals surface area contributed by atoms with E-state index >= 15 is 0 Å². The first kappa shape index (κ1) is 14.5. The fraction of sp³-hybridized carbons (Fsp3) is 0.462. The van der Waals surface area contributed by atoms with Gasteiger partial charge in [-0.2, -0.15) is 0 Å². The van der Waals surface area contributed by atoms with Gasteiger partial charge < -0.3 is 4.90 Å². The molecule has 1 heterocycles. The van der Waals surface area contributed by atoms with E-state index in [4.69, 9.17) is 11.6 Å². The maximum atomic E-state index is 12.1. The second-order valence-corrected chi connectivity index (χ2v) is 6.64. The number of hydrogen-bond donors (Lipinski definition) is 1. The molecule has 0 radical (unpaired) electrons. The number of nitrogens with one attached hydrogen (secondary N) is 1. The molecule has 1 saturated heterocycles. The zero-order chi connectivity index (χ0) is 14.0. The van der Waals surface area contributed by atoms with Gasteiger partial charge >= 0.3 is 0 Å². The number of carbonyl (C=O) groups excluding carboxylic acids is 1. The van der Waals surface area contributed by atoms with Gasteiger partial charge in [0.15, 0.2) is 0 Å². The normalized spacial score (nSPS) is 24.8. The lowest BCUT2D eigenvalue weighted by Crippen LogP contribution is -2.33. The molecule has 0 aliphatic carbocycles. The molecule has 0 aromatic heterocycles. The molecule has 104 valence electrons. The Morgan fingerprint density at radius 3 is 2.58 bits per heavy atom. The van der Waals surface area contributed by atoms with Crippen LogP contribution < -0.4 is 5.32 Å². The molecule has 1 aliphatic rings. The molecule has 0 spiro atoms. The van der Waals surface area contributed by atoms with Gasteiger partial charge in [-0.3, -0.25) is 14.3 Å². The quantitative estimate of drug-likeness (QED) is 0.917. The third-order valence-corrected chi connectivity index (χ3v) is 4.19. The summed E-state index contributed by atoms with van der Waals surface area (Å²) in [4.78, 5) is 13.9. The average Bonchev–Trinajstić information content (AvgIpc) is 2.64. The summed E-state index contributed by atoms with van der Waals surface area (Å²) in [5, 5.41) is 3.92. The Morgan fingerprint density at radius 1 is 1.37 bits per heavy atom. The fourth-order valence-electron chi connectivity index (χ4n) is 2.16. The van der Waals surface area contributed by atoms with Gasteiger partial charge in [0.05, 0.1) is 6.04 Å². The van der Waals surface area contributed by atoms with E-state index in [1.807, 2.05) is 31.2 Å². The molecule has 3 atom stereocenters. The minimum Gasteiger partial charge on any atom is -0.321 e. The Morgan fingerprint density at radius 2 is 2.00 bits per heavy atom. The fourth-order valence-corrected chi connectivity index (χ4v) is 2.74. The van der Waals surface area contributed by atoms with E-state index in [1.54, 1.807) is 11.2 Å². The van der Waals surface area contributed by atoms with E-state index in [1.165, 1.54) is 0 Å². The predicted octanol–water partition coefficient (Wildman–Crippen LogP) is 1.54. The van der Waals surface area contributed by atoms with Crippen molar-refractivity contribution in [1.82, 2.24) is 10.2 Å². The Labute approximate surface area is 120 Å². The Hall–Kier alpha value is -0.910. The SMILES string of the molecule is CC1NC(c2ccc(Cl)cc2)N(CCS(C)=O)C1=O. The lowest BCUT2D eigenvalue weighted by Gasteiger charge is -2.24. The van der Waals surface area contributed by atoms with Gasteiger partial charge in [0, 0.05) is 34.4 Å². The second kappa shape index (κ2) is 6.03. The summed E-state index contributed by atoms with van der Waals surface area (Å²) >= 11 is 5.87. The minimum absolute atomic E-state index is 0.0467. The van der Waals surface area contributed by atoms with E-state index in [0.29, 0.717) is 17.3 Å². The van der Waals surface area contributed by atoms with E-state index < -0.39 is 10.8 Å². The van der Waals surface area contributed by atoms with Crippen LogP contribution in [0.3, 0.4) is 0 Å². The number of carbonyl (C=O) groups is 1. The first-order chi connectivity index (χ1) is 8.99. The van der Waals surface area contributed by atoms with E-state index in [9.17, 15) is 9.00 Å². The van der Waals surface area contributed by atoms with Gasteiger partial charge in [-0.1, -0.05) is 23.7 Å². The molecule has 0 saturated carbocycles. The molecular weight excluding hydrogens is 284 g/mol. The molecule has 6 heteroatoms. The van der Waals surface area contributed by atoms with Crippen molar-refractivity contribution in [3.05, 3.63) is 34.9 Å². The van der Waals surface area contributed by atoms with Crippen LogP contribution in [0.4, 0.5) is 0 Å². The highest BCUT2D eigenvalue weighted by Crippen LogP contribution is 2.26. The van der Waals surface area contributed by atoms with Crippen LogP contribution in [0.5, 0.6) is 0 Å². The number of nitrogens with zero attached hydrogens (tertiary/aromatic N) is 1. The van der Waals surface area contributed by atoms with Crippen molar-refractivity contribution in [2.24, 2.45) is 0 Å². The molecule has 4 nitrogen and oxygen atoms in total. The van der Waals surface area contributed by atoms with Crippen LogP contribution in [0.2, 0.25) is 5.02 Å². The van der Waals surface area contributed by atoms with Crippen LogP contribution in [0.15, 0.2) is 24.3 Å². The predicted molar refractivity (Wildman–Crippen MR) is 77.4 cm³/mol. The minimum atomic E-state index is -0.906. The molecule has 1 aromatic carbocycles. The maximum Gasteiger partial charge on any atom is 0.241 e. The Bertz CT molecular complexity index is 492. The Kier molecular flexibility index (Phi) is 4.60. The van der Waals surface area contributed by atoms with Crippen LogP contribution in [-0.2, 0) is 15.6 Å². The zero-order valence-corrected chi connectivity index (χ0v) is 12.5. The lowest BCUT2D eigenvalue weighted by molar-refractivity contribution is -0.129. The summed E-state index contributed by atoms with van der Waals surface area (Å²) in [5.41, 5.74) is 0.990. The molecule has 1 amide bonds. The number of amides is 1. The van der Waals surface area contributed by atoms with Crippen LogP contribution in [-0.4, -0.2) is 39.6 Å². The Balaban J connectivity index is 2.19. The zero-order valence-electron chi connectivity index (χ0n) is 10.9. The third-order valence-electron chi connectivity index (χ3n) is 3.18. The van der Waals surface area contributed by atoms with Crippen molar-refractivity contribution in [3.63, 3.8) is 0 Å². The van der Waals surface area contributed by atoms with Gasteiger partial charge in [0.1, 0.15) is 6.17 Å². The largest absolute Gasteiger partial charge is 0.321 e. The molecule has 1 fully saturated rings. The summed E-state index contributed by atoms with van der Waals surface area (Å²) < 4.78 is 11.2. The third kappa shape index (κ3) is 3.35. The van der Waals surface area contributed by atoms with Gasteiger partial charge in [-0.15, -0.1) is 0 Å². The molecule has 1 N–H and O–H groups in total. The van der Waals surface area contributed by atoms with Gasteiger partial charge in [0.25, 0.3) is 0 Å². The summed E-state index contributed by atoms with van der Waals surface area (Å²) in [7, 11) is -0.906. The number of hydrogen-bond acceptors (Lipinski definition) is 3. The molecule has 19 heavy (non-hydrogen) atoms. The molecule has 1 aromatic rings. The van der Waals surface area contributed by atoms with E-state index in [0.717, 1.165) is 5.56 Å². The summed E-state index contributed by atoms with van der Waals surface area (Å²) in [6.07, 6.45) is 1.48. The first-order valence-corrected chi connectivity index (χ1v) is 8.21. The summed E-state index contributed by atoms with van der Waals surface area (Å²) in [6.45, 7) is 2.33. The van der Waals surface area contributed by atoms with Crippen LogP contribution in [0, 0.1) is 0 Å². The molecular formula is C13H17ClN2O2S. The van der Waals surface area contributed by atoms with Crippen molar-refractivity contribution in [2.45, 2.75) is 19.1 Å². The van der Waals surface area contributed by atoms with Crippen molar-refractivity contribution < 1.29 is 9.00 Å². The highest BCUT2D eigenvalue weighted by atomic mass is 35.5. The second-order valence-electron chi connectivity index (χ2n) is 4.65. The summed E-state index contributed by atoms with van der Waals surface area (Å²) in [5.74, 6) is 0.537. The van der Waals surface area contributed by atoms with Crippen molar-refractivity contribution in [1.29, 1.82) is 0 Å².